The van der Waals surface area contributed by atoms with Crippen molar-refractivity contribution in [3.63, 3.8) is 0 Å². The highest BCUT2D eigenvalue weighted by atomic mass is 79.9. The van der Waals surface area contributed by atoms with E-state index in [1.165, 1.54) is 5.52 Å². The summed E-state index contributed by atoms with van der Waals surface area (Å²) in [4.78, 5) is 0. The van der Waals surface area contributed by atoms with Crippen LogP contribution in [0.15, 0.2) is 34.9 Å². The minimum atomic E-state index is 0.0776. The third-order valence-electron chi connectivity index (χ3n) is 3.84. The van der Waals surface area contributed by atoms with Gasteiger partial charge in [0.15, 0.2) is 0 Å². The van der Waals surface area contributed by atoms with E-state index in [1.807, 2.05) is 23.9 Å². The summed E-state index contributed by atoms with van der Waals surface area (Å²) in [5.74, 6) is 0. The van der Waals surface area contributed by atoms with Crippen molar-refractivity contribution >= 4 is 26.8 Å². The molecular weight excluding hydrogens is 330 g/mol. The molecule has 1 N–H and O–H groups in total. The summed E-state index contributed by atoms with van der Waals surface area (Å²) in [6, 6.07) is 8.14. The summed E-state index contributed by atoms with van der Waals surface area (Å²) in [6.45, 7) is 2.96. The summed E-state index contributed by atoms with van der Waals surface area (Å²) in [6.07, 6.45) is 3.00. The molecule has 4 nitrogen and oxygen atoms in total. The molecule has 2 heterocycles. The summed E-state index contributed by atoms with van der Waals surface area (Å²) >= 11 is 3.67. The Labute approximate surface area is 132 Å². The second-order valence-corrected chi connectivity index (χ2v) is 5.97. The minimum Gasteiger partial charge on any atom is -0.392 e. The van der Waals surface area contributed by atoms with Gasteiger partial charge in [-0.3, -0.25) is 4.68 Å². The summed E-state index contributed by atoms with van der Waals surface area (Å²) in [5, 5.41) is 14.9. The Balaban J connectivity index is 2.01. The first-order chi connectivity index (χ1) is 10.1. The highest BCUT2D eigenvalue weighted by Crippen LogP contribution is 2.25. The van der Waals surface area contributed by atoms with Gasteiger partial charge in [-0.1, -0.05) is 13.0 Å². The van der Waals surface area contributed by atoms with E-state index in [9.17, 15) is 5.11 Å². The van der Waals surface area contributed by atoms with Crippen LogP contribution in [0, 0.1) is 0 Å². The Morgan fingerprint density at radius 3 is 2.76 bits per heavy atom. The van der Waals surface area contributed by atoms with Crippen LogP contribution in [-0.4, -0.2) is 19.5 Å². The van der Waals surface area contributed by atoms with Crippen LogP contribution in [0.5, 0.6) is 0 Å². The van der Waals surface area contributed by atoms with Crippen molar-refractivity contribution in [2.45, 2.75) is 26.5 Å². The fourth-order valence-electron chi connectivity index (χ4n) is 2.64. The number of benzene rings is 1. The van der Waals surface area contributed by atoms with Crippen LogP contribution >= 0.6 is 15.9 Å². The van der Waals surface area contributed by atoms with Gasteiger partial charge in [-0.25, -0.2) is 0 Å². The van der Waals surface area contributed by atoms with Gasteiger partial charge in [0.2, 0.25) is 0 Å². The van der Waals surface area contributed by atoms with Crippen molar-refractivity contribution in [2.24, 2.45) is 7.05 Å². The Morgan fingerprint density at radius 2 is 2.10 bits per heavy atom. The zero-order valence-corrected chi connectivity index (χ0v) is 13.8. The molecule has 3 aromatic rings. The first-order valence-electron chi connectivity index (χ1n) is 7.03. The predicted molar refractivity (Wildman–Crippen MR) is 87.2 cm³/mol. The van der Waals surface area contributed by atoms with Crippen molar-refractivity contribution in [1.82, 2.24) is 14.3 Å². The fraction of sp³-hybridized carbons (Fsp3) is 0.312. The maximum Gasteiger partial charge on any atom is 0.0767 e. The van der Waals surface area contributed by atoms with Crippen molar-refractivity contribution in [2.75, 3.05) is 0 Å². The Kier molecular flexibility index (Phi) is 3.87. The average Bonchev–Trinajstić information content (AvgIpc) is 3.02. The number of aliphatic hydroxyl groups excluding tert-OH is 1. The number of aryl methyl sites for hydroxylation is 2. The molecule has 21 heavy (non-hydrogen) atoms. The molecule has 0 saturated heterocycles. The monoisotopic (exact) mass is 347 g/mol. The lowest BCUT2D eigenvalue weighted by molar-refractivity contribution is 0.282. The van der Waals surface area contributed by atoms with Gasteiger partial charge in [-0.15, -0.1) is 0 Å². The first kappa shape index (κ1) is 14.4. The van der Waals surface area contributed by atoms with Gasteiger partial charge in [-0.05, 0) is 51.5 Å². The van der Waals surface area contributed by atoms with E-state index in [2.05, 4.69) is 50.8 Å². The summed E-state index contributed by atoms with van der Waals surface area (Å²) < 4.78 is 5.25. The van der Waals surface area contributed by atoms with E-state index in [0.29, 0.717) is 0 Å². The summed E-state index contributed by atoms with van der Waals surface area (Å²) in [7, 11) is 1.98. The number of aliphatic hydroxyl groups is 1. The van der Waals surface area contributed by atoms with Crippen molar-refractivity contribution in [3.05, 3.63) is 51.9 Å². The Morgan fingerprint density at radius 1 is 1.29 bits per heavy atom. The highest BCUT2D eigenvalue weighted by Gasteiger charge is 2.13. The zero-order valence-electron chi connectivity index (χ0n) is 12.2. The van der Waals surface area contributed by atoms with E-state index < -0.39 is 0 Å². The molecule has 0 amide bonds. The van der Waals surface area contributed by atoms with Gasteiger partial charge in [0.1, 0.15) is 0 Å². The van der Waals surface area contributed by atoms with E-state index in [4.69, 9.17) is 0 Å². The smallest absolute Gasteiger partial charge is 0.0767 e. The van der Waals surface area contributed by atoms with Crippen LogP contribution in [0.2, 0.25) is 0 Å². The number of aromatic nitrogens is 3. The molecular formula is C16H18BrN3O. The van der Waals surface area contributed by atoms with E-state index in [1.54, 1.807) is 0 Å². The van der Waals surface area contributed by atoms with Crippen LogP contribution in [-0.2, 0) is 26.6 Å². The SMILES string of the molecule is CCc1nn(C)c(Cn2ccc3cc(CO)ccc32)c1Br. The largest absolute Gasteiger partial charge is 0.392 e. The molecule has 0 atom stereocenters. The van der Waals surface area contributed by atoms with Crippen LogP contribution in [0.3, 0.4) is 0 Å². The van der Waals surface area contributed by atoms with E-state index in [-0.39, 0.29) is 6.61 Å². The molecule has 0 radical (unpaired) electrons. The molecule has 0 bridgehead atoms. The van der Waals surface area contributed by atoms with Crippen LogP contribution in [0.4, 0.5) is 0 Å². The van der Waals surface area contributed by atoms with Crippen LogP contribution < -0.4 is 0 Å². The second kappa shape index (κ2) is 5.66. The molecule has 3 rings (SSSR count). The van der Waals surface area contributed by atoms with E-state index in [0.717, 1.165) is 39.8 Å². The number of fused-ring (bicyclic) bond motifs is 1. The second-order valence-electron chi connectivity index (χ2n) is 5.18. The summed E-state index contributed by atoms with van der Waals surface area (Å²) in [5.41, 5.74) is 4.36. The molecule has 5 heteroatoms. The van der Waals surface area contributed by atoms with Crippen molar-refractivity contribution in [1.29, 1.82) is 0 Å². The number of hydrogen-bond donors (Lipinski definition) is 1. The zero-order chi connectivity index (χ0) is 15.0. The number of rotatable bonds is 4. The Hall–Kier alpha value is -1.59. The highest BCUT2D eigenvalue weighted by molar-refractivity contribution is 9.10. The number of hydrogen-bond acceptors (Lipinski definition) is 2. The molecule has 2 aromatic heterocycles. The molecule has 0 aliphatic rings. The third-order valence-corrected chi connectivity index (χ3v) is 4.76. The molecule has 110 valence electrons. The fourth-order valence-corrected chi connectivity index (χ4v) is 3.38. The lowest BCUT2D eigenvalue weighted by atomic mass is 10.2. The number of nitrogens with zero attached hydrogens (tertiary/aromatic N) is 3. The molecule has 0 fully saturated rings. The van der Waals surface area contributed by atoms with Gasteiger partial charge in [-0.2, -0.15) is 5.10 Å². The maximum absolute atomic E-state index is 9.22. The van der Waals surface area contributed by atoms with Crippen molar-refractivity contribution in [3.8, 4) is 0 Å². The molecule has 0 saturated carbocycles. The molecule has 1 aromatic carbocycles. The van der Waals surface area contributed by atoms with Gasteiger partial charge < -0.3 is 9.67 Å². The average molecular weight is 348 g/mol. The molecule has 0 spiro atoms. The molecule has 0 unspecified atom stereocenters. The quantitative estimate of drug-likeness (QED) is 0.787. The van der Waals surface area contributed by atoms with E-state index >= 15 is 0 Å². The normalized spacial score (nSPS) is 11.4. The Bertz CT molecular complexity index is 788. The molecule has 0 aliphatic carbocycles. The standard InChI is InChI=1S/C16H18BrN3O/c1-3-13-16(17)15(19(2)18-13)9-20-7-6-12-8-11(10-21)4-5-14(12)20/h4-8,21H,3,9-10H2,1-2H3. The van der Waals surface area contributed by atoms with Crippen molar-refractivity contribution < 1.29 is 5.11 Å². The first-order valence-corrected chi connectivity index (χ1v) is 7.82. The lowest BCUT2D eigenvalue weighted by Crippen LogP contribution is -2.05. The van der Waals surface area contributed by atoms with Gasteiger partial charge in [0.05, 0.1) is 29.0 Å². The van der Waals surface area contributed by atoms with Crippen LogP contribution in [0.1, 0.15) is 23.9 Å². The minimum absolute atomic E-state index is 0.0776. The maximum atomic E-state index is 9.22. The van der Waals surface area contributed by atoms with Gasteiger partial charge in [0, 0.05) is 18.8 Å². The van der Waals surface area contributed by atoms with Gasteiger partial charge >= 0.3 is 0 Å². The van der Waals surface area contributed by atoms with Gasteiger partial charge in [0.25, 0.3) is 0 Å². The third kappa shape index (κ3) is 2.51. The topological polar surface area (TPSA) is 43.0 Å². The van der Waals surface area contributed by atoms with Crippen LogP contribution in [0.25, 0.3) is 10.9 Å². The lowest BCUT2D eigenvalue weighted by Gasteiger charge is -2.07. The predicted octanol–water partition coefficient (Wildman–Crippen LogP) is 3.24. The molecule has 0 aliphatic heterocycles. The number of halogens is 1.